The van der Waals surface area contributed by atoms with E-state index in [0.29, 0.717) is 54.5 Å². The summed E-state index contributed by atoms with van der Waals surface area (Å²) in [5.41, 5.74) is 4.89. The molecule has 2 aliphatic carbocycles. The smallest absolute Gasteiger partial charge is 0.254 e. The van der Waals surface area contributed by atoms with E-state index in [-0.39, 0.29) is 65.5 Å². The maximum atomic E-state index is 14.8. The van der Waals surface area contributed by atoms with Gasteiger partial charge in [-0.1, -0.05) is 43.5 Å². The summed E-state index contributed by atoms with van der Waals surface area (Å²) >= 11 is 0. The number of ether oxygens (including phenoxy) is 1. The van der Waals surface area contributed by atoms with Crippen molar-refractivity contribution in [2.75, 3.05) is 63.1 Å². The third-order valence-electron chi connectivity index (χ3n) is 16.1. The van der Waals surface area contributed by atoms with Crippen LogP contribution in [0.4, 0.5) is 17.6 Å². The topological polar surface area (TPSA) is 262 Å². The van der Waals surface area contributed by atoms with Crippen LogP contribution in [0.1, 0.15) is 124 Å². The van der Waals surface area contributed by atoms with E-state index in [1.54, 1.807) is 51.8 Å². The van der Waals surface area contributed by atoms with E-state index >= 15 is 0 Å². The zero-order valence-electron chi connectivity index (χ0n) is 46.0. The molecule has 5 heterocycles. The average molecular weight is 1090 g/mol. The number of sulfone groups is 1. The molecule has 3 fully saturated rings. The fourth-order valence-electron chi connectivity index (χ4n) is 11.1. The van der Waals surface area contributed by atoms with Gasteiger partial charge in [-0.25, -0.2) is 28.4 Å². The van der Waals surface area contributed by atoms with Crippen molar-refractivity contribution in [1.29, 1.82) is 0 Å². The minimum absolute atomic E-state index is 0.0699. The molecule has 2 aliphatic heterocycles. The predicted molar refractivity (Wildman–Crippen MR) is 297 cm³/mol. The number of nitrogens with zero attached hydrogens (tertiary/aromatic N) is 8. The fraction of sp³-hybridized carbons (Fsp3) is 0.554. The van der Waals surface area contributed by atoms with Gasteiger partial charge in [-0.05, 0) is 117 Å². The summed E-state index contributed by atoms with van der Waals surface area (Å²) in [6, 6.07) is 8.46. The Bertz CT molecular complexity index is 3080. The third-order valence-corrected chi connectivity index (χ3v) is 18.6. The second-order valence-corrected chi connectivity index (χ2v) is 25.0. The number of rotatable bonds is 18. The SMILES string of the molecule is CN[C@@H](C)C(=O)N[C@H](C(=O)N1C[C@@H](NC(=O)c2cnc(N3CCN(CCCOc4cc5ncnc(Nc6n[nH]c(C)c6C)c5cc4S(=O)(=O)C(C)(C)C)CC3)nc2)C[C@H]1C(=O)N[C@@H]1CCCc2ccccc21)C1CCCCC1. The largest absolute Gasteiger partial charge is 0.492 e. The van der Waals surface area contributed by atoms with Crippen LogP contribution in [0.25, 0.3) is 10.9 Å². The fourth-order valence-corrected chi connectivity index (χ4v) is 12.4. The zero-order valence-corrected chi connectivity index (χ0v) is 46.8. The summed E-state index contributed by atoms with van der Waals surface area (Å²) in [4.78, 5) is 80.6. The molecule has 2 saturated heterocycles. The monoisotopic (exact) mass is 1090 g/mol. The summed E-state index contributed by atoms with van der Waals surface area (Å²) in [5.74, 6) is 0.410. The first-order valence-electron chi connectivity index (χ1n) is 27.6. The van der Waals surface area contributed by atoms with Crippen molar-refractivity contribution in [3.8, 4) is 5.75 Å². The first-order chi connectivity index (χ1) is 37.4. The molecule has 4 amide bonds. The van der Waals surface area contributed by atoms with E-state index in [0.717, 1.165) is 81.3 Å². The molecule has 21 nitrogen and oxygen atoms in total. The zero-order chi connectivity index (χ0) is 55.3. The number of piperazine rings is 1. The third kappa shape index (κ3) is 12.4. The number of nitrogens with one attached hydrogen (secondary N) is 6. The van der Waals surface area contributed by atoms with Crippen LogP contribution in [0.5, 0.6) is 5.75 Å². The number of amides is 4. The highest BCUT2D eigenvalue weighted by molar-refractivity contribution is 7.92. The number of carbonyl (C=O) groups excluding carboxylic acids is 4. The molecule has 5 atom stereocenters. The van der Waals surface area contributed by atoms with E-state index in [1.807, 2.05) is 26.0 Å². The number of aromatic amines is 1. The standard InChI is InChI=1S/C56H76N14O7S/c1-34-35(2)66-67-49(34)65-50-42-28-47(78(75,76)56(4,5)6)46(29-44(42)60-33-61-50)77-26-14-21-68-22-24-69(25-23-68)55-58-30-39(31-59-55)52(72)62-40-27-45(53(73)63-43-20-13-18-37-15-11-12-19-41(37)43)70(32-40)54(74)48(38-16-9-8-10-17-38)64-51(71)36(3)57-7/h11-12,15,19,28-31,33,36,38,40,43,45,48,57H,8-10,13-14,16-18,20-27,32H2,1-7H3,(H,62,72)(H,63,73)(H,64,71)(H2,60,61,65,66,67)/t36-,40-,43+,45-,48-/m0/s1. The summed E-state index contributed by atoms with van der Waals surface area (Å²) in [5, 5.41) is 23.4. The number of fused-ring (bicyclic) bond motifs is 2. The summed E-state index contributed by atoms with van der Waals surface area (Å²) < 4.78 is 33.2. The number of hydrogen-bond acceptors (Lipinski definition) is 16. The van der Waals surface area contributed by atoms with E-state index in [2.05, 4.69) is 78.6 Å². The predicted octanol–water partition coefficient (Wildman–Crippen LogP) is 5.23. The highest BCUT2D eigenvalue weighted by Gasteiger charge is 2.45. The second-order valence-electron chi connectivity index (χ2n) is 22.4. The first kappa shape index (κ1) is 56.0. The summed E-state index contributed by atoms with van der Waals surface area (Å²) in [6.45, 7) is 14.5. The molecule has 418 valence electrons. The molecule has 9 rings (SSSR count). The maximum Gasteiger partial charge on any atom is 0.254 e. The van der Waals surface area contributed by atoms with Crippen molar-refractivity contribution in [2.24, 2.45) is 5.92 Å². The minimum atomic E-state index is -3.85. The van der Waals surface area contributed by atoms with Crippen LogP contribution < -0.4 is 36.2 Å². The Morgan fingerprint density at radius 2 is 1.64 bits per heavy atom. The van der Waals surface area contributed by atoms with Gasteiger partial charge in [-0.3, -0.25) is 29.2 Å². The molecule has 1 saturated carbocycles. The lowest BCUT2D eigenvalue weighted by Gasteiger charge is -2.35. The molecular weight excluding hydrogens is 1010 g/mol. The molecule has 4 aliphatic rings. The van der Waals surface area contributed by atoms with E-state index < -0.39 is 44.7 Å². The Balaban J connectivity index is 0.809. The lowest BCUT2D eigenvalue weighted by Crippen LogP contribution is -2.58. The Hall–Kier alpha value is -6.78. The van der Waals surface area contributed by atoms with E-state index in [9.17, 15) is 27.6 Å². The molecule has 3 aromatic heterocycles. The number of likely N-dealkylation sites (N-methyl/N-ethyl adjacent to an activating group) is 1. The van der Waals surface area contributed by atoms with Crippen molar-refractivity contribution in [3.63, 3.8) is 0 Å². The lowest BCUT2D eigenvalue weighted by molar-refractivity contribution is -0.143. The number of benzene rings is 2. The number of aryl methyl sites for hydroxylation is 2. The van der Waals surface area contributed by atoms with Crippen molar-refractivity contribution >= 4 is 62.0 Å². The summed E-state index contributed by atoms with van der Waals surface area (Å²) in [7, 11) is -2.15. The van der Waals surface area contributed by atoms with Crippen LogP contribution in [0.2, 0.25) is 0 Å². The number of aromatic nitrogens is 6. The number of anilines is 3. The van der Waals surface area contributed by atoms with Crippen molar-refractivity contribution < 1.29 is 32.3 Å². The van der Waals surface area contributed by atoms with E-state index in [1.165, 1.54) is 24.3 Å². The van der Waals surface area contributed by atoms with Crippen LogP contribution in [-0.2, 0) is 30.6 Å². The Labute approximate surface area is 457 Å². The Kier molecular flexibility index (Phi) is 17.3. The van der Waals surface area contributed by atoms with Gasteiger partial charge in [0.25, 0.3) is 5.91 Å². The molecule has 0 bridgehead atoms. The van der Waals surface area contributed by atoms with Crippen molar-refractivity contribution in [1.82, 2.24) is 61.2 Å². The van der Waals surface area contributed by atoms with Gasteiger partial charge in [0.1, 0.15) is 34.9 Å². The van der Waals surface area contributed by atoms with Crippen LogP contribution in [0.15, 0.2) is 60.0 Å². The molecule has 0 radical (unpaired) electrons. The number of H-pyrrole nitrogens is 1. The maximum absolute atomic E-state index is 14.8. The molecule has 2 aromatic carbocycles. The number of carbonyl (C=O) groups is 4. The van der Waals surface area contributed by atoms with Gasteiger partial charge in [-0.2, -0.15) is 5.10 Å². The number of hydrogen-bond donors (Lipinski definition) is 6. The van der Waals surface area contributed by atoms with Gasteiger partial charge >= 0.3 is 0 Å². The summed E-state index contributed by atoms with van der Waals surface area (Å²) in [6.07, 6.45) is 12.5. The highest BCUT2D eigenvalue weighted by Crippen LogP contribution is 2.38. The lowest BCUT2D eigenvalue weighted by atomic mass is 9.83. The van der Waals surface area contributed by atoms with Gasteiger partial charge in [-0.15, -0.1) is 0 Å². The second kappa shape index (κ2) is 24.1. The molecule has 6 N–H and O–H groups in total. The normalized spacial score (nSPS) is 20.2. The number of likely N-dealkylation sites (tertiary alicyclic amines) is 1. The molecular formula is C56H76N14O7S. The van der Waals surface area contributed by atoms with Gasteiger partial charge in [0.2, 0.25) is 23.7 Å². The van der Waals surface area contributed by atoms with Gasteiger partial charge in [0, 0.05) is 80.4 Å². The van der Waals surface area contributed by atoms with Gasteiger partial charge < -0.3 is 41.1 Å². The average Bonchev–Trinajstić information content (AvgIpc) is 4.07. The first-order valence-corrected chi connectivity index (χ1v) is 29.1. The van der Waals surface area contributed by atoms with Crippen molar-refractivity contribution in [2.45, 2.75) is 146 Å². The molecule has 0 unspecified atom stereocenters. The van der Waals surface area contributed by atoms with Gasteiger partial charge in [0.05, 0.1) is 34.5 Å². The van der Waals surface area contributed by atoms with E-state index in [4.69, 9.17) is 4.74 Å². The molecule has 5 aromatic rings. The van der Waals surface area contributed by atoms with Crippen LogP contribution in [0.3, 0.4) is 0 Å². The highest BCUT2D eigenvalue weighted by atomic mass is 32.2. The molecule has 22 heteroatoms. The Morgan fingerprint density at radius 1 is 0.897 bits per heavy atom. The minimum Gasteiger partial charge on any atom is -0.492 e. The van der Waals surface area contributed by atoms with Gasteiger partial charge in [0.15, 0.2) is 15.7 Å². The quantitative estimate of drug-likeness (QED) is 0.0614. The Morgan fingerprint density at radius 3 is 2.35 bits per heavy atom. The van der Waals surface area contributed by atoms with Crippen LogP contribution in [-0.4, -0.2) is 154 Å². The van der Waals surface area contributed by atoms with Crippen LogP contribution in [0, 0.1) is 19.8 Å². The van der Waals surface area contributed by atoms with Crippen molar-refractivity contribution in [3.05, 3.63) is 83.1 Å². The molecule has 78 heavy (non-hydrogen) atoms. The molecule has 0 spiro atoms. The van der Waals surface area contributed by atoms with Crippen LogP contribution >= 0.6 is 0 Å².